The number of aromatic nitrogens is 2. The number of rotatable bonds is 4. The second-order valence-electron chi connectivity index (χ2n) is 8.26. The fraction of sp³-hybridized carbons (Fsp3) is 0.240. The molecule has 2 aromatic carbocycles. The Morgan fingerprint density at radius 1 is 1.12 bits per heavy atom. The molecule has 5 rings (SSSR count). The number of carbonyl (C=O) groups is 1. The van der Waals surface area contributed by atoms with Crippen molar-refractivity contribution in [1.29, 1.82) is 0 Å². The number of amides is 1. The van der Waals surface area contributed by atoms with Gasteiger partial charge in [0.1, 0.15) is 10.6 Å². The number of aryl methyl sites for hydroxylation is 1. The number of fused-ring (bicyclic) bond motifs is 1. The van der Waals surface area contributed by atoms with Crippen molar-refractivity contribution in [3.63, 3.8) is 0 Å². The minimum Gasteiger partial charge on any atom is -0.368 e. The smallest absolute Gasteiger partial charge is 0.264 e. The minimum atomic E-state index is -0.371. The Labute approximate surface area is 204 Å². The van der Waals surface area contributed by atoms with Crippen LogP contribution in [0.25, 0.3) is 10.2 Å². The summed E-state index contributed by atoms with van der Waals surface area (Å²) >= 11 is 7.35. The molecule has 0 radical (unpaired) electrons. The van der Waals surface area contributed by atoms with Gasteiger partial charge in [-0.05, 0) is 36.8 Å². The van der Waals surface area contributed by atoms with Gasteiger partial charge in [-0.1, -0.05) is 35.9 Å². The highest BCUT2D eigenvalue weighted by molar-refractivity contribution is 7.20. The van der Waals surface area contributed by atoms with E-state index in [-0.39, 0.29) is 23.8 Å². The number of piperazine rings is 1. The molecule has 6 nitrogen and oxygen atoms in total. The molecule has 1 saturated heterocycles. The summed E-state index contributed by atoms with van der Waals surface area (Å²) in [5.41, 5.74) is 1.80. The second kappa shape index (κ2) is 9.19. The Morgan fingerprint density at radius 2 is 1.88 bits per heavy atom. The zero-order chi connectivity index (χ0) is 23.8. The first-order valence-corrected chi connectivity index (χ1v) is 12.1. The van der Waals surface area contributed by atoms with E-state index in [1.165, 1.54) is 28.3 Å². The van der Waals surface area contributed by atoms with Crippen molar-refractivity contribution in [2.75, 3.05) is 31.1 Å². The highest BCUT2D eigenvalue weighted by Crippen LogP contribution is 2.29. The molecule has 0 unspecified atom stereocenters. The van der Waals surface area contributed by atoms with Gasteiger partial charge in [-0.15, -0.1) is 11.3 Å². The molecular weight excluding hydrogens is 475 g/mol. The largest absolute Gasteiger partial charge is 0.368 e. The summed E-state index contributed by atoms with van der Waals surface area (Å²) in [6.45, 7) is 4.41. The van der Waals surface area contributed by atoms with Gasteiger partial charge in [-0.25, -0.2) is 9.37 Å². The fourth-order valence-electron chi connectivity index (χ4n) is 4.27. The predicted molar refractivity (Wildman–Crippen MR) is 134 cm³/mol. The maximum atomic E-state index is 14.1. The number of benzene rings is 2. The standard InChI is InChI=1S/C25H22ClFN4O2S/c1-16-21-23(28-15-31(24(21)32)14-17-5-2-3-8-20(17)27)34-22(16)25(33)30-11-9-29(10-12-30)19-7-4-6-18(26)13-19/h2-8,13,15H,9-12,14H2,1H3. The average molecular weight is 497 g/mol. The summed E-state index contributed by atoms with van der Waals surface area (Å²) in [4.78, 5) is 36.0. The molecule has 0 atom stereocenters. The highest BCUT2D eigenvalue weighted by Gasteiger charge is 2.27. The molecule has 174 valence electrons. The van der Waals surface area contributed by atoms with Gasteiger partial charge >= 0.3 is 0 Å². The zero-order valence-corrected chi connectivity index (χ0v) is 20.1. The summed E-state index contributed by atoms with van der Waals surface area (Å²) in [7, 11) is 0. The molecule has 34 heavy (non-hydrogen) atoms. The van der Waals surface area contributed by atoms with Crippen LogP contribution in [-0.2, 0) is 6.54 Å². The van der Waals surface area contributed by atoms with Gasteiger partial charge in [0.15, 0.2) is 0 Å². The van der Waals surface area contributed by atoms with Crippen LogP contribution >= 0.6 is 22.9 Å². The van der Waals surface area contributed by atoms with Crippen LogP contribution in [0.5, 0.6) is 0 Å². The molecule has 0 saturated carbocycles. The first-order chi connectivity index (χ1) is 16.4. The van der Waals surface area contributed by atoms with Crippen LogP contribution in [0.3, 0.4) is 0 Å². The van der Waals surface area contributed by atoms with E-state index in [4.69, 9.17) is 11.6 Å². The normalized spacial score (nSPS) is 14.1. The fourth-order valence-corrected chi connectivity index (χ4v) is 5.56. The molecule has 1 aliphatic heterocycles. The number of hydrogen-bond acceptors (Lipinski definition) is 5. The summed E-state index contributed by atoms with van der Waals surface area (Å²) in [5.74, 6) is -0.462. The molecule has 9 heteroatoms. The van der Waals surface area contributed by atoms with Gasteiger partial charge in [-0.3, -0.25) is 14.2 Å². The lowest BCUT2D eigenvalue weighted by Crippen LogP contribution is -2.48. The van der Waals surface area contributed by atoms with Gasteiger partial charge in [0, 0.05) is 42.5 Å². The molecule has 0 bridgehead atoms. The van der Waals surface area contributed by atoms with Gasteiger partial charge in [0.2, 0.25) is 0 Å². The maximum Gasteiger partial charge on any atom is 0.264 e. The van der Waals surface area contributed by atoms with Crippen LogP contribution in [0.1, 0.15) is 20.8 Å². The lowest BCUT2D eigenvalue weighted by Gasteiger charge is -2.36. The monoisotopic (exact) mass is 496 g/mol. The van der Waals surface area contributed by atoms with Crippen LogP contribution in [0.4, 0.5) is 10.1 Å². The van der Waals surface area contributed by atoms with Crippen LogP contribution in [0.2, 0.25) is 5.02 Å². The quantitative estimate of drug-likeness (QED) is 0.415. The molecule has 0 spiro atoms. The van der Waals surface area contributed by atoms with Crippen molar-refractivity contribution in [2.45, 2.75) is 13.5 Å². The number of carbonyl (C=O) groups excluding carboxylic acids is 1. The van der Waals surface area contributed by atoms with Crippen LogP contribution in [-0.4, -0.2) is 46.5 Å². The van der Waals surface area contributed by atoms with Crippen molar-refractivity contribution in [1.82, 2.24) is 14.5 Å². The Morgan fingerprint density at radius 3 is 2.62 bits per heavy atom. The molecule has 0 aliphatic carbocycles. The van der Waals surface area contributed by atoms with E-state index >= 15 is 0 Å². The maximum absolute atomic E-state index is 14.1. The number of nitrogens with zero attached hydrogens (tertiary/aromatic N) is 4. The molecular formula is C25H22ClFN4O2S. The van der Waals surface area contributed by atoms with Gasteiger partial charge in [-0.2, -0.15) is 0 Å². The first-order valence-electron chi connectivity index (χ1n) is 10.9. The van der Waals surface area contributed by atoms with Gasteiger partial charge in [0.25, 0.3) is 11.5 Å². The Kier molecular flexibility index (Phi) is 6.10. The van der Waals surface area contributed by atoms with E-state index in [1.54, 1.807) is 25.1 Å². The summed E-state index contributed by atoms with van der Waals surface area (Å²) in [5, 5.41) is 1.11. The summed E-state index contributed by atoms with van der Waals surface area (Å²) in [6.07, 6.45) is 1.42. The molecule has 1 amide bonds. The number of thiophene rings is 1. The molecule has 2 aromatic heterocycles. The van der Waals surface area contributed by atoms with Crippen LogP contribution in [0.15, 0.2) is 59.7 Å². The highest BCUT2D eigenvalue weighted by atomic mass is 35.5. The number of anilines is 1. The van der Waals surface area contributed by atoms with Gasteiger partial charge < -0.3 is 9.80 Å². The van der Waals surface area contributed by atoms with Crippen molar-refractivity contribution in [2.24, 2.45) is 0 Å². The molecule has 4 aromatic rings. The molecule has 0 N–H and O–H groups in total. The lowest BCUT2D eigenvalue weighted by molar-refractivity contribution is 0.0751. The lowest BCUT2D eigenvalue weighted by atomic mass is 10.1. The third kappa shape index (κ3) is 4.19. The Hall–Kier alpha value is -3.23. The minimum absolute atomic E-state index is 0.0818. The number of halogens is 2. The topological polar surface area (TPSA) is 58.4 Å². The molecule has 1 aliphatic rings. The van der Waals surface area contributed by atoms with E-state index in [0.29, 0.717) is 57.4 Å². The Balaban J connectivity index is 1.37. The van der Waals surface area contributed by atoms with E-state index in [2.05, 4.69) is 9.88 Å². The zero-order valence-electron chi connectivity index (χ0n) is 18.5. The number of hydrogen-bond donors (Lipinski definition) is 0. The average Bonchev–Trinajstić information content (AvgIpc) is 3.19. The van der Waals surface area contributed by atoms with Crippen LogP contribution < -0.4 is 10.5 Å². The van der Waals surface area contributed by atoms with E-state index in [9.17, 15) is 14.0 Å². The van der Waals surface area contributed by atoms with E-state index in [0.717, 1.165) is 5.69 Å². The second-order valence-corrected chi connectivity index (χ2v) is 9.70. The molecule has 3 heterocycles. The predicted octanol–water partition coefficient (Wildman–Crippen LogP) is 4.57. The van der Waals surface area contributed by atoms with Crippen molar-refractivity contribution in [3.05, 3.63) is 92.1 Å². The van der Waals surface area contributed by atoms with Crippen LogP contribution in [0, 0.1) is 12.7 Å². The summed E-state index contributed by atoms with van der Waals surface area (Å²) < 4.78 is 15.5. The third-order valence-electron chi connectivity index (χ3n) is 6.15. The first kappa shape index (κ1) is 22.6. The summed E-state index contributed by atoms with van der Waals surface area (Å²) in [6, 6.07) is 14.0. The Bertz CT molecular complexity index is 1440. The molecule has 1 fully saturated rings. The van der Waals surface area contributed by atoms with E-state index < -0.39 is 0 Å². The van der Waals surface area contributed by atoms with Crippen molar-refractivity contribution in [3.8, 4) is 0 Å². The SMILES string of the molecule is Cc1c(C(=O)N2CCN(c3cccc(Cl)c3)CC2)sc2ncn(Cc3ccccc3F)c(=O)c12. The third-order valence-corrected chi connectivity index (χ3v) is 7.57. The van der Waals surface area contributed by atoms with Crippen molar-refractivity contribution < 1.29 is 9.18 Å². The van der Waals surface area contributed by atoms with Gasteiger partial charge in [0.05, 0.1) is 23.1 Å². The van der Waals surface area contributed by atoms with Crippen molar-refractivity contribution >= 4 is 44.7 Å². The van der Waals surface area contributed by atoms with E-state index in [1.807, 2.05) is 29.2 Å².